The highest BCUT2D eigenvalue weighted by Gasteiger charge is 2.20. The second kappa shape index (κ2) is 5.98. The predicted octanol–water partition coefficient (Wildman–Crippen LogP) is 2.36. The van der Waals surface area contributed by atoms with Gasteiger partial charge in [0.25, 0.3) is 0 Å². The fourth-order valence-corrected chi connectivity index (χ4v) is 2.72. The minimum atomic E-state index is 0.174. The van der Waals surface area contributed by atoms with Crippen LogP contribution in [0.3, 0.4) is 0 Å². The van der Waals surface area contributed by atoms with Crippen molar-refractivity contribution in [2.45, 2.75) is 19.4 Å². The Labute approximate surface area is 124 Å². The third-order valence-electron chi connectivity index (χ3n) is 3.68. The average molecular weight is 282 g/mol. The zero-order chi connectivity index (χ0) is 14.7. The van der Waals surface area contributed by atoms with Gasteiger partial charge in [-0.05, 0) is 31.5 Å². The molecule has 108 valence electrons. The number of hydrogen-bond acceptors (Lipinski definition) is 4. The normalized spacial score (nSPS) is 19.0. The summed E-state index contributed by atoms with van der Waals surface area (Å²) in [4.78, 5) is 2.24. The first-order chi connectivity index (χ1) is 10.3. The SMILES string of the molecule is C[C@H]1CN(c2cccc(-n3cccn3)c2C#N)CCCO1. The molecule has 0 amide bonds. The summed E-state index contributed by atoms with van der Waals surface area (Å²) in [5, 5.41) is 13.9. The van der Waals surface area contributed by atoms with Gasteiger partial charge < -0.3 is 9.64 Å². The standard InChI is InChI=1S/C16H18N4O/c1-13-12-19(8-4-10-21-13)15-5-2-6-16(14(15)11-17)20-9-3-7-18-20/h2-3,5-7,9,13H,4,8,10,12H2,1H3/t13-/m0/s1. The summed E-state index contributed by atoms with van der Waals surface area (Å²) < 4.78 is 7.42. The van der Waals surface area contributed by atoms with E-state index in [9.17, 15) is 5.26 Å². The molecule has 1 aromatic carbocycles. The molecule has 0 spiro atoms. The Morgan fingerprint density at radius 2 is 2.19 bits per heavy atom. The lowest BCUT2D eigenvalue weighted by atomic mass is 10.1. The average Bonchev–Trinajstić information content (AvgIpc) is 2.95. The number of ether oxygens (including phenoxy) is 1. The lowest BCUT2D eigenvalue weighted by Crippen LogP contribution is -2.30. The van der Waals surface area contributed by atoms with Crippen molar-refractivity contribution in [1.82, 2.24) is 9.78 Å². The molecule has 5 nitrogen and oxygen atoms in total. The molecule has 1 aliphatic heterocycles. The van der Waals surface area contributed by atoms with E-state index in [2.05, 4.69) is 23.0 Å². The van der Waals surface area contributed by atoms with Crippen LogP contribution < -0.4 is 4.90 Å². The van der Waals surface area contributed by atoms with Gasteiger partial charge in [-0.25, -0.2) is 4.68 Å². The predicted molar refractivity (Wildman–Crippen MR) is 80.5 cm³/mol. The lowest BCUT2D eigenvalue weighted by Gasteiger charge is -2.26. The highest BCUT2D eigenvalue weighted by molar-refractivity contribution is 5.67. The Morgan fingerprint density at radius 1 is 1.33 bits per heavy atom. The van der Waals surface area contributed by atoms with Gasteiger partial charge in [-0.2, -0.15) is 10.4 Å². The molecule has 1 saturated heterocycles. The minimum Gasteiger partial charge on any atom is -0.377 e. The molecule has 2 heterocycles. The van der Waals surface area contributed by atoms with Crippen molar-refractivity contribution in [3.8, 4) is 11.8 Å². The molecule has 1 aliphatic rings. The van der Waals surface area contributed by atoms with Gasteiger partial charge >= 0.3 is 0 Å². The van der Waals surface area contributed by atoms with Crippen LogP contribution in [0.4, 0.5) is 5.69 Å². The molecule has 3 rings (SSSR count). The summed E-state index contributed by atoms with van der Waals surface area (Å²) in [6.07, 6.45) is 4.72. The van der Waals surface area contributed by atoms with Gasteiger partial charge in [0.2, 0.25) is 0 Å². The fraction of sp³-hybridized carbons (Fsp3) is 0.375. The Hall–Kier alpha value is -2.32. The summed E-state index contributed by atoms with van der Waals surface area (Å²) in [6, 6.07) is 10.1. The number of hydrogen-bond donors (Lipinski definition) is 0. The Bertz CT molecular complexity index is 645. The first-order valence-corrected chi connectivity index (χ1v) is 7.19. The van der Waals surface area contributed by atoms with Crippen molar-refractivity contribution < 1.29 is 4.74 Å². The molecular weight excluding hydrogens is 264 g/mol. The Balaban J connectivity index is 2.02. The molecule has 0 N–H and O–H groups in total. The third kappa shape index (κ3) is 2.76. The summed E-state index contributed by atoms with van der Waals surface area (Å²) in [5.41, 5.74) is 2.44. The second-order valence-electron chi connectivity index (χ2n) is 5.21. The van der Waals surface area contributed by atoms with Crippen molar-refractivity contribution in [3.05, 3.63) is 42.2 Å². The zero-order valence-corrected chi connectivity index (χ0v) is 12.1. The van der Waals surface area contributed by atoms with Gasteiger partial charge in [-0.3, -0.25) is 0 Å². The van der Waals surface area contributed by atoms with E-state index in [0.29, 0.717) is 5.56 Å². The highest BCUT2D eigenvalue weighted by atomic mass is 16.5. The maximum absolute atomic E-state index is 9.62. The van der Waals surface area contributed by atoms with E-state index in [4.69, 9.17) is 4.74 Å². The van der Waals surface area contributed by atoms with Crippen LogP contribution in [0, 0.1) is 11.3 Å². The number of rotatable bonds is 2. The van der Waals surface area contributed by atoms with E-state index in [1.807, 2.05) is 30.5 Å². The fourth-order valence-electron chi connectivity index (χ4n) is 2.72. The van der Waals surface area contributed by atoms with Crippen LogP contribution in [0.25, 0.3) is 5.69 Å². The van der Waals surface area contributed by atoms with Crippen molar-refractivity contribution in [1.29, 1.82) is 5.26 Å². The molecule has 2 aromatic rings. The molecule has 21 heavy (non-hydrogen) atoms. The van der Waals surface area contributed by atoms with Gasteiger partial charge in [0.05, 0.1) is 17.5 Å². The maximum Gasteiger partial charge on any atom is 0.104 e. The van der Waals surface area contributed by atoms with Gasteiger partial charge in [0.15, 0.2) is 0 Å². The topological polar surface area (TPSA) is 54.1 Å². The van der Waals surface area contributed by atoms with Crippen molar-refractivity contribution in [3.63, 3.8) is 0 Å². The molecule has 0 saturated carbocycles. The maximum atomic E-state index is 9.62. The molecule has 0 aliphatic carbocycles. The quantitative estimate of drug-likeness (QED) is 0.848. The van der Waals surface area contributed by atoms with Crippen LogP contribution in [0.5, 0.6) is 0 Å². The van der Waals surface area contributed by atoms with Crippen LogP contribution >= 0.6 is 0 Å². The van der Waals surface area contributed by atoms with Gasteiger partial charge in [-0.1, -0.05) is 6.07 Å². The van der Waals surface area contributed by atoms with Crippen LogP contribution in [0.15, 0.2) is 36.7 Å². The summed E-state index contributed by atoms with van der Waals surface area (Å²) in [6.45, 7) is 4.55. The molecular formula is C16H18N4O. The third-order valence-corrected chi connectivity index (χ3v) is 3.68. The van der Waals surface area contributed by atoms with Crippen LogP contribution in [0.2, 0.25) is 0 Å². The molecule has 1 aromatic heterocycles. The van der Waals surface area contributed by atoms with Gasteiger partial charge in [-0.15, -0.1) is 0 Å². The van der Waals surface area contributed by atoms with Crippen LogP contribution in [0.1, 0.15) is 18.9 Å². The Morgan fingerprint density at radius 3 is 2.95 bits per heavy atom. The molecule has 0 unspecified atom stereocenters. The zero-order valence-electron chi connectivity index (χ0n) is 12.1. The number of nitriles is 1. The van der Waals surface area contributed by atoms with Crippen LogP contribution in [-0.4, -0.2) is 35.6 Å². The molecule has 0 bridgehead atoms. The van der Waals surface area contributed by atoms with E-state index < -0.39 is 0 Å². The first kappa shape index (κ1) is 13.7. The molecule has 1 fully saturated rings. The lowest BCUT2D eigenvalue weighted by molar-refractivity contribution is 0.0821. The first-order valence-electron chi connectivity index (χ1n) is 7.19. The summed E-state index contributed by atoms with van der Waals surface area (Å²) in [7, 11) is 0. The van der Waals surface area contributed by atoms with E-state index in [0.717, 1.165) is 37.5 Å². The molecule has 1 atom stereocenters. The largest absolute Gasteiger partial charge is 0.377 e. The van der Waals surface area contributed by atoms with Gasteiger partial charge in [0.1, 0.15) is 11.6 Å². The molecule has 0 radical (unpaired) electrons. The van der Waals surface area contributed by atoms with Crippen molar-refractivity contribution in [2.75, 3.05) is 24.6 Å². The van der Waals surface area contributed by atoms with E-state index in [1.165, 1.54) is 0 Å². The summed E-state index contributed by atoms with van der Waals surface area (Å²) >= 11 is 0. The molecule has 5 heteroatoms. The number of anilines is 1. The van der Waals surface area contributed by atoms with Crippen molar-refractivity contribution in [2.24, 2.45) is 0 Å². The van der Waals surface area contributed by atoms with Crippen LogP contribution in [-0.2, 0) is 4.74 Å². The Kier molecular flexibility index (Phi) is 3.89. The summed E-state index contributed by atoms with van der Waals surface area (Å²) in [5.74, 6) is 0. The van der Waals surface area contributed by atoms with E-state index >= 15 is 0 Å². The number of benzene rings is 1. The smallest absolute Gasteiger partial charge is 0.104 e. The number of nitrogens with zero attached hydrogens (tertiary/aromatic N) is 4. The second-order valence-corrected chi connectivity index (χ2v) is 5.21. The van der Waals surface area contributed by atoms with Crippen molar-refractivity contribution >= 4 is 5.69 Å². The van der Waals surface area contributed by atoms with Gasteiger partial charge in [0, 0.05) is 32.1 Å². The number of aromatic nitrogens is 2. The monoisotopic (exact) mass is 282 g/mol. The van der Waals surface area contributed by atoms with E-state index in [1.54, 1.807) is 10.9 Å². The van der Waals surface area contributed by atoms with E-state index in [-0.39, 0.29) is 6.10 Å². The minimum absolute atomic E-state index is 0.174. The highest BCUT2D eigenvalue weighted by Crippen LogP contribution is 2.27.